The van der Waals surface area contributed by atoms with Crippen molar-refractivity contribution in [3.05, 3.63) is 52.3 Å². The average molecular weight is 308 g/mol. The van der Waals surface area contributed by atoms with Crippen LogP contribution in [-0.4, -0.2) is 4.98 Å². The molecule has 0 unspecified atom stereocenters. The van der Waals surface area contributed by atoms with E-state index in [9.17, 15) is 9.65 Å². The number of aromatic nitrogens is 1. The van der Waals surface area contributed by atoms with Gasteiger partial charge in [0, 0.05) is 16.4 Å². The Morgan fingerprint density at radius 3 is 2.64 bits per heavy atom. The van der Waals surface area contributed by atoms with Gasteiger partial charge in [0.2, 0.25) is 0 Å². The number of hydrogen-bond donors (Lipinski definition) is 0. The SMILES string of the molecule is Cc1cc2nc(C3CC3)c(C#N)c(-c3ccc(F)cc3)c2s1. The van der Waals surface area contributed by atoms with Gasteiger partial charge in [0.25, 0.3) is 0 Å². The zero-order valence-corrected chi connectivity index (χ0v) is 12.9. The highest BCUT2D eigenvalue weighted by atomic mass is 32.1. The number of fused-ring (bicyclic) bond motifs is 1. The second-order valence-corrected chi connectivity index (χ2v) is 6.97. The van der Waals surface area contributed by atoms with Gasteiger partial charge in [0.05, 0.1) is 21.5 Å². The number of nitriles is 1. The lowest BCUT2D eigenvalue weighted by atomic mass is 9.97. The molecule has 4 heteroatoms. The van der Waals surface area contributed by atoms with Crippen LogP contribution >= 0.6 is 11.3 Å². The number of halogens is 1. The van der Waals surface area contributed by atoms with Gasteiger partial charge in [-0.2, -0.15) is 5.26 Å². The van der Waals surface area contributed by atoms with Gasteiger partial charge in [-0.1, -0.05) is 12.1 Å². The molecule has 1 fully saturated rings. The maximum atomic E-state index is 13.2. The van der Waals surface area contributed by atoms with Crippen LogP contribution in [0.15, 0.2) is 30.3 Å². The van der Waals surface area contributed by atoms with Crippen molar-refractivity contribution in [2.24, 2.45) is 0 Å². The third-order valence-electron chi connectivity index (χ3n) is 4.02. The molecule has 22 heavy (non-hydrogen) atoms. The third-order valence-corrected chi connectivity index (χ3v) is 5.08. The van der Waals surface area contributed by atoms with E-state index in [2.05, 4.69) is 12.1 Å². The summed E-state index contributed by atoms with van der Waals surface area (Å²) in [6, 6.07) is 10.8. The van der Waals surface area contributed by atoms with Crippen molar-refractivity contribution in [3.63, 3.8) is 0 Å². The molecule has 1 aliphatic carbocycles. The molecule has 2 nitrogen and oxygen atoms in total. The second-order valence-electron chi connectivity index (χ2n) is 5.71. The summed E-state index contributed by atoms with van der Waals surface area (Å²) in [5, 5.41) is 9.70. The van der Waals surface area contributed by atoms with Gasteiger partial charge in [-0.15, -0.1) is 11.3 Å². The van der Waals surface area contributed by atoms with Crippen LogP contribution < -0.4 is 0 Å². The minimum absolute atomic E-state index is 0.266. The van der Waals surface area contributed by atoms with Gasteiger partial charge in [-0.05, 0) is 43.5 Å². The fourth-order valence-corrected chi connectivity index (χ4v) is 3.87. The Bertz CT molecular complexity index is 915. The molecule has 4 rings (SSSR count). The Balaban J connectivity index is 2.09. The van der Waals surface area contributed by atoms with Crippen LogP contribution in [0, 0.1) is 24.1 Å². The Labute approximate surface area is 131 Å². The lowest BCUT2D eigenvalue weighted by Gasteiger charge is -2.10. The highest BCUT2D eigenvalue weighted by molar-refractivity contribution is 7.19. The largest absolute Gasteiger partial charge is 0.250 e. The zero-order valence-electron chi connectivity index (χ0n) is 12.1. The lowest BCUT2D eigenvalue weighted by Crippen LogP contribution is -1.97. The molecule has 108 valence electrons. The van der Waals surface area contributed by atoms with Crippen LogP contribution in [0.4, 0.5) is 4.39 Å². The predicted molar refractivity (Wildman–Crippen MR) is 86.4 cm³/mol. The molecule has 1 aromatic carbocycles. The summed E-state index contributed by atoms with van der Waals surface area (Å²) >= 11 is 1.64. The number of hydrogen-bond acceptors (Lipinski definition) is 3. The lowest BCUT2D eigenvalue weighted by molar-refractivity contribution is 0.628. The van der Waals surface area contributed by atoms with Crippen molar-refractivity contribution in [1.82, 2.24) is 4.98 Å². The van der Waals surface area contributed by atoms with E-state index in [0.29, 0.717) is 11.5 Å². The first-order valence-corrected chi connectivity index (χ1v) is 8.09. The van der Waals surface area contributed by atoms with Crippen molar-refractivity contribution < 1.29 is 4.39 Å². The van der Waals surface area contributed by atoms with E-state index >= 15 is 0 Å². The minimum Gasteiger partial charge on any atom is -0.250 e. The van der Waals surface area contributed by atoms with E-state index in [1.165, 1.54) is 17.0 Å². The molecular weight excluding hydrogens is 295 g/mol. The summed E-state index contributed by atoms with van der Waals surface area (Å²) in [5.74, 6) is 0.135. The van der Waals surface area contributed by atoms with Gasteiger partial charge in [0.15, 0.2) is 0 Å². The smallest absolute Gasteiger partial charge is 0.123 e. The molecule has 0 atom stereocenters. The Hall–Kier alpha value is -2.25. The van der Waals surface area contributed by atoms with E-state index in [-0.39, 0.29) is 5.82 Å². The van der Waals surface area contributed by atoms with Gasteiger partial charge >= 0.3 is 0 Å². The van der Waals surface area contributed by atoms with Crippen molar-refractivity contribution in [1.29, 1.82) is 5.26 Å². The summed E-state index contributed by atoms with van der Waals surface area (Å²) in [6.45, 7) is 2.05. The second kappa shape index (κ2) is 4.89. The van der Waals surface area contributed by atoms with Crippen molar-refractivity contribution in [3.8, 4) is 17.2 Å². The fourth-order valence-electron chi connectivity index (χ4n) is 2.85. The molecule has 0 amide bonds. The van der Waals surface area contributed by atoms with Crippen LogP contribution in [0.25, 0.3) is 21.3 Å². The molecular formula is C18H13FN2S. The molecule has 1 saturated carbocycles. The molecule has 2 heterocycles. The quantitative estimate of drug-likeness (QED) is 0.655. The summed E-state index contributed by atoms with van der Waals surface area (Å²) in [6.07, 6.45) is 2.19. The first-order chi connectivity index (χ1) is 10.7. The van der Waals surface area contributed by atoms with Crippen molar-refractivity contribution in [2.75, 3.05) is 0 Å². The maximum absolute atomic E-state index is 13.2. The molecule has 0 saturated heterocycles. The monoisotopic (exact) mass is 308 g/mol. The molecule has 2 aromatic heterocycles. The molecule has 0 spiro atoms. The van der Waals surface area contributed by atoms with E-state index in [4.69, 9.17) is 4.98 Å². The molecule has 0 bridgehead atoms. The summed E-state index contributed by atoms with van der Waals surface area (Å²) in [4.78, 5) is 5.92. The number of benzene rings is 1. The molecule has 0 N–H and O–H groups in total. The molecule has 3 aromatic rings. The average Bonchev–Trinajstić information content (AvgIpc) is 3.28. The van der Waals surface area contributed by atoms with Crippen LogP contribution in [-0.2, 0) is 0 Å². The third kappa shape index (κ3) is 2.10. The summed E-state index contributed by atoms with van der Waals surface area (Å²) in [5.41, 5.74) is 4.31. The summed E-state index contributed by atoms with van der Waals surface area (Å²) < 4.78 is 14.3. The number of pyridine rings is 1. The van der Waals surface area contributed by atoms with Crippen LogP contribution in [0.1, 0.15) is 34.9 Å². The van der Waals surface area contributed by atoms with Crippen LogP contribution in [0.5, 0.6) is 0 Å². The van der Waals surface area contributed by atoms with E-state index in [1.807, 2.05) is 6.92 Å². The van der Waals surface area contributed by atoms with Gasteiger partial charge in [-0.3, -0.25) is 4.98 Å². The zero-order chi connectivity index (χ0) is 15.3. The fraction of sp³-hybridized carbons (Fsp3) is 0.222. The van der Waals surface area contributed by atoms with Gasteiger partial charge in [-0.25, -0.2) is 4.39 Å². The van der Waals surface area contributed by atoms with E-state index in [0.717, 1.165) is 39.9 Å². The first kappa shape index (κ1) is 13.4. The number of nitrogens with zero attached hydrogens (tertiary/aromatic N) is 2. The Kier molecular flexibility index (Phi) is 2.98. The van der Waals surface area contributed by atoms with Gasteiger partial charge < -0.3 is 0 Å². The molecule has 0 radical (unpaired) electrons. The topological polar surface area (TPSA) is 36.7 Å². The van der Waals surface area contributed by atoms with Crippen molar-refractivity contribution in [2.45, 2.75) is 25.7 Å². The predicted octanol–water partition coefficient (Wildman–Crippen LogP) is 5.16. The highest BCUT2D eigenvalue weighted by Gasteiger charge is 2.30. The van der Waals surface area contributed by atoms with Gasteiger partial charge in [0.1, 0.15) is 11.9 Å². The number of rotatable bonds is 2. The first-order valence-electron chi connectivity index (χ1n) is 7.27. The van der Waals surface area contributed by atoms with Crippen LogP contribution in [0.3, 0.4) is 0 Å². The maximum Gasteiger partial charge on any atom is 0.123 e. The highest BCUT2D eigenvalue weighted by Crippen LogP contribution is 2.45. The minimum atomic E-state index is -0.266. The Morgan fingerprint density at radius 2 is 2.00 bits per heavy atom. The number of aryl methyl sites for hydroxylation is 1. The normalized spacial score (nSPS) is 14.2. The molecule has 0 aliphatic heterocycles. The van der Waals surface area contributed by atoms with E-state index < -0.39 is 0 Å². The van der Waals surface area contributed by atoms with Crippen LogP contribution in [0.2, 0.25) is 0 Å². The number of thiophene rings is 1. The van der Waals surface area contributed by atoms with Crippen molar-refractivity contribution >= 4 is 21.6 Å². The molecule has 1 aliphatic rings. The summed E-state index contributed by atoms with van der Waals surface area (Å²) in [7, 11) is 0. The Morgan fingerprint density at radius 1 is 1.27 bits per heavy atom. The standard InChI is InChI=1S/C18H13FN2S/c1-10-8-15-18(22-10)16(11-4-6-13(19)7-5-11)14(9-20)17(21-15)12-2-3-12/h4-8,12H,2-3H2,1H3. The van der Waals surface area contributed by atoms with E-state index in [1.54, 1.807) is 23.5 Å².